The Balaban J connectivity index is 2.49. The van der Waals surface area contributed by atoms with Gasteiger partial charge in [-0.1, -0.05) is 45.5 Å². The average molecular weight is 276 g/mol. The molecule has 0 nitrogen and oxygen atoms in total. The lowest BCUT2D eigenvalue weighted by Gasteiger charge is -2.20. The molecule has 0 aliphatic carbocycles. The van der Waals surface area contributed by atoms with E-state index in [0.29, 0.717) is 0 Å². The van der Waals surface area contributed by atoms with E-state index >= 15 is 0 Å². The summed E-state index contributed by atoms with van der Waals surface area (Å²) < 4.78 is 0. The minimum Gasteiger partial charge on any atom is -0.132 e. The zero-order valence-electron chi connectivity index (χ0n) is 13.2. The summed E-state index contributed by atoms with van der Waals surface area (Å²) in [4.78, 5) is 1.23. The molecule has 0 saturated heterocycles. The summed E-state index contributed by atoms with van der Waals surface area (Å²) in [6.45, 7) is 15.1. The van der Waals surface area contributed by atoms with Crippen LogP contribution >= 0.6 is 11.8 Å². The standard InChI is InChI=1S/C18H28S/c1-14(2)19-12-8-7-9-16-10-11-17(13-15(16)3)18(4,5)6/h10-11,13H,1,7-9,12H2,2-6H3. The molecule has 19 heavy (non-hydrogen) atoms. The summed E-state index contributed by atoms with van der Waals surface area (Å²) >= 11 is 1.88. The summed E-state index contributed by atoms with van der Waals surface area (Å²) in [6.07, 6.45) is 3.75. The molecule has 1 aromatic rings. The second-order valence-electron chi connectivity index (χ2n) is 6.40. The first kappa shape index (κ1) is 16.4. The van der Waals surface area contributed by atoms with Crippen LogP contribution in [0.4, 0.5) is 0 Å². The number of hydrogen-bond acceptors (Lipinski definition) is 1. The lowest BCUT2D eigenvalue weighted by Crippen LogP contribution is -2.11. The summed E-state index contributed by atoms with van der Waals surface area (Å²) in [5.74, 6) is 1.20. The van der Waals surface area contributed by atoms with Gasteiger partial charge in [-0.2, -0.15) is 0 Å². The number of unbranched alkanes of at least 4 members (excludes halogenated alkanes) is 1. The maximum absolute atomic E-state index is 3.92. The molecule has 1 heteroatoms. The molecule has 0 bridgehead atoms. The summed E-state index contributed by atoms with van der Waals surface area (Å²) in [7, 11) is 0. The molecule has 0 unspecified atom stereocenters. The number of aryl methyl sites for hydroxylation is 2. The molecule has 0 aromatic heterocycles. The molecule has 0 fully saturated rings. The Morgan fingerprint density at radius 2 is 1.89 bits per heavy atom. The molecule has 0 N–H and O–H groups in total. The van der Waals surface area contributed by atoms with E-state index in [9.17, 15) is 0 Å². The highest BCUT2D eigenvalue weighted by molar-refractivity contribution is 8.03. The van der Waals surface area contributed by atoms with Crippen LogP contribution in [0.15, 0.2) is 29.7 Å². The quantitative estimate of drug-likeness (QED) is 0.584. The first-order valence-electron chi connectivity index (χ1n) is 7.19. The molecule has 0 heterocycles. The number of thioether (sulfide) groups is 1. The predicted molar refractivity (Wildman–Crippen MR) is 90.1 cm³/mol. The molecule has 0 aliphatic heterocycles. The highest BCUT2D eigenvalue weighted by Gasteiger charge is 2.14. The normalized spacial score (nSPS) is 11.6. The van der Waals surface area contributed by atoms with E-state index in [2.05, 4.69) is 59.4 Å². The Labute approximate surface area is 123 Å². The van der Waals surface area contributed by atoms with Gasteiger partial charge in [-0.05, 0) is 65.9 Å². The van der Waals surface area contributed by atoms with Gasteiger partial charge in [0.2, 0.25) is 0 Å². The molecule has 0 radical (unpaired) electrons. The molecule has 0 spiro atoms. The van der Waals surface area contributed by atoms with Gasteiger partial charge in [0.25, 0.3) is 0 Å². The molecule has 1 aromatic carbocycles. The largest absolute Gasteiger partial charge is 0.132 e. The van der Waals surface area contributed by atoms with E-state index in [1.165, 1.54) is 46.6 Å². The second kappa shape index (κ2) is 7.19. The molecule has 0 aliphatic rings. The van der Waals surface area contributed by atoms with Gasteiger partial charge in [0.15, 0.2) is 0 Å². The van der Waals surface area contributed by atoms with Crippen molar-refractivity contribution in [3.05, 3.63) is 46.4 Å². The number of hydrogen-bond donors (Lipinski definition) is 0. The number of allylic oxidation sites excluding steroid dienone is 1. The van der Waals surface area contributed by atoms with E-state index in [0.717, 1.165) is 0 Å². The van der Waals surface area contributed by atoms with Gasteiger partial charge >= 0.3 is 0 Å². The zero-order valence-corrected chi connectivity index (χ0v) is 14.0. The third-order valence-corrected chi connectivity index (χ3v) is 4.38. The maximum atomic E-state index is 3.92. The molecular formula is C18H28S. The van der Waals surface area contributed by atoms with E-state index in [4.69, 9.17) is 0 Å². The van der Waals surface area contributed by atoms with Gasteiger partial charge < -0.3 is 0 Å². The molecule has 0 amide bonds. The van der Waals surface area contributed by atoms with E-state index < -0.39 is 0 Å². The summed E-state index contributed by atoms with van der Waals surface area (Å²) in [5.41, 5.74) is 4.64. The maximum Gasteiger partial charge on any atom is -0.00234 e. The van der Waals surface area contributed by atoms with Crippen LogP contribution in [-0.2, 0) is 11.8 Å². The lowest BCUT2D eigenvalue weighted by atomic mass is 9.85. The third-order valence-electron chi connectivity index (χ3n) is 3.40. The third kappa shape index (κ3) is 5.86. The van der Waals surface area contributed by atoms with Gasteiger partial charge in [0.05, 0.1) is 0 Å². The van der Waals surface area contributed by atoms with Gasteiger partial charge in [-0.15, -0.1) is 11.8 Å². The van der Waals surface area contributed by atoms with Crippen molar-refractivity contribution in [2.24, 2.45) is 0 Å². The second-order valence-corrected chi connectivity index (χ2v) is 7.79. The molecule has 0 atom stereocenters. The van der Waals surface area contributed by atoms with Crippen molar-refractivity contribution in [1.82, 2.24) is 0 Å². The Morgan fingerprint density at radius 1 is 1.21 bits per heavy atom. The van der Waals surface area contributed by atoms with Crippen molar-refractivity contribution in [2.45, 2.75) is 59.3 Å². The van der Waals surface area contributed by atoms with Crippen molar-refractivity contribution >= 4 is 11.8 Å². The fraction of sp³-hybridized carbons (Fsp3) is 0.556. The van der Waals surface area contributed by atoms with E-state index in [-0.39, 0.29) is 5.41 Å². The van der Waals surface area contributed by atoms with Crippen LogP contribution in [0.5, 0.6) is 0 Å². The van der Waals surface area contributed by atoms with Crippen molar-refractivity contribution in [2.75, 3.05) is 5.75 Å². The molecule has 0 saturated carbocycles. The van der Waals surface area contributed by atoms with Crippen LogP contribution in [0.3, 0.4) is 0 Å². The monoisotopic (exact) mass is 276 g/mol. The predicted octanol–water partition coefficient (Wildman–Crippen LogP) is 5.88. The SMILES string of the molecule is C=C(C)SCCCCc1ccc(C(C)(C)C)cc1C. The van der Waals surface area contributed by atoms with Crippen LogP contribution in [-0.4, -0.2) is 5.75 Å². The van der Waals surface area contributed by atoms with Crippen molar-refractivity contribution in [1.29, 1.82) is 0 Å². The fourth-order valence-corrected chi connectivity index (χ4v) is 2.80. The van der Waals surface area contributed by atoms with Crippen LogP contribution in [0.1, 0.15) is 57.2 Å². The number of rotatable bonds is 6. The first-order chi connectivity index (χ1) is 8.80. The molecular weight excluding hydrogens is 248 g/mol. The Morgan fingerprint density at radius 3 is 2.42 bits per heavy atom. The Hall–Kier alpha value is -0.690. The smallest absolute Gasteiger partial charge is 0.00234 e. The van der Waals surface area contributed by atoms with Crippen molar-refractivity contribution < 1.29 is 0 Å². The summed E-state index contributed by atoms with van der Waals surface area (Å²) in [6, 6.07) is 6.98. The van der Waals surface area contributed by atoms with Crippen LogP contribution in [0, 0.1) is 6.92 Å². The van der Waals surface area contributed by atoms with Gasteiger partial charge in [0, 0.05) is 0 Å². The topological polar surface area (TPSA) is 0 Å². The van der Waals surface area contributed by atoms with Gasteiger partial charge in [-0.3, -0.25) is 0 Å². The lowest BCUT2D eigenvalue weighted by molar-refractivity contribution is 0.589. The fourth-order valence-electron chi connectivity index (χ4n) is 2.11. The average Bonchev–Trinajstić information content (AvgIpc) is 2.28. The van der Waals surface area contributed by atoms with Crippen LogP contribution in [0.2, 0.25) is 0 Å². The molecule has 106 valence electrons. The van der Waals surface area contributed by atoms with Gasteiger partial charge in [-0.25, -0.2) is 0 Å². The van der Waals surface area contributed by atoms with Crippen LogP contribution < -0.4 is 0 Å². The highest BCUT2D eigenvalue weighted by Crippen LogP contribution is 2.25. The van der Waals surface area contributed by atoms with Gasteiger partial charge in [0.1, 0.15) is 0 Å². The van der Waals surface area contributed by atoms with Crippen LogP contribution in [0.25, 0.3) is 0 Å². The first-order valence-corrected chi connectivity index (χ1v) is 8.17. The molecule has 1 rings (SSSR count). The minimum atomic E-state index is 0.251. The number of benzene rings is 1. The highest BCUT2D eigenvalue weighted by atomic mass is 32.2. The summed E-state index contributed by atoms with van der Waals surface area (Å²) in [5, 5.41) is 0. The zero-order chi connectivity index (χ0) is 14.5. The van der Waals surface area contributed by atoms with Crippen molar-refractivity contribution in [3.8, 4) is 0 Å². The van der Waals surface area contributed by atoms with E-state index in [1.807, 2.05) is 11.8 Å². The Kier molecular flexibility index (Phi) is 6.19. The van der Waals surface area contributed by atoms with E-state index in [1.54, 1.807) is 0 Å². The van der Waals surface area contributed by atoms with Crippen molar-refractivity contribution in [3.63, 3.8) is 0 Å². The Bertz CT molecular complexity index is 424. The minimum absolute atomic E-state index is 0.251.